The largest absolute Gasteiger partial charge is 0.382 e. The lowest BCUT2D eigenvalue weighted by molar-refractivity contribution is 0.145. The van der Waals surface area contributed by atoms with Crippen molar-refractivity contribution in [3.8, 4) is 0 Å². The lowest BCUT2D eigenvalue weighted by Crippen LogP contribution is -2.19. The van der Waals surface area contributed by atoms with Crippen LogP contribution in [-0.4, -0.2) is 42.0 Å². The monoisotopic (exact) mass is 283 g/mol. The first kappa shape index (κ1) is 16.4. The predicted molar refractivity (Wildman–Crippen MR) is 80.9 cm³/mol. The van der Waals surface area contributed by atoms with Crippen molar-refractivity contribution in [2.75, 3.05) is 32.1 Å². The fourth-order valence-electron chi connectivity index (χ4n) is 1.59. The molecule has 0 atom stereocenters. The molecule has 0 saturated heterocycles. The fraction of sp³-hybridized carbons (Fsp3) is 0.714. The molecule has 1 aromatic heterocycles. The van der Waals surface area contributed by atoms with Crippen LogP contribution in [-0.2, 0) is 4.74 Å². The highest BCUT2D eigenvalue weighted by molar-refractivity contribution is 7.99. The summed E-state index contributed by atoms with van der Waals surface area (Å²) in [6.07, 6.45) is 1.07. The van der Waals surface area contributed by atoms with E-state index in [-0.39, 0.29) is 0 Å². The normalized spacial score (nSPS) is 10.9. The Morgan fingerprint density at radius 2 is 1.79 bits per heavy atom. The van der Waals surface area contributed by atoms with Crippen LogP contribution in [0, 0.1) is 20.8 Å². The number of hydrogen-bond donors (Lipinski definition) is 1. The minimum atomic E-state index is 0.805. The van der Waals surface area contributed by atoms with Gasteiger partial charge < -0.3 is 10.1 Å². The molecule has 0 amide bonds. The average Bonchev–Trinajstić information content (AvgIpc) is 2.39. The summed E-state index contributed by atoms with van der Waals surface area (Å²) >= 11 is 1.71. The highest BCUT2D eigenvalue weighted by Gasteiger charge is 2.04. The molecule has 0 aliphatic carbocycles. The van der Waals surface area contributed by atoms with E-state index >= 15 is 0 Å². The summed E-state index contributed by atoms with van der Waals surface area (Å²) in [6, 6.07) is 0. The van der Waals surface area contributed by atoms with E-state index in [0.717, 1.165) is 55.0 Å². The number of hydrogen-bond acceptors (Lipinski definition) is 5. The molecule has 1 N–H and O–H groups in total. The molecule has 0 unspecified atom stereocenters. The molecule has 0 aliphatic rings. The van der Waals surface area contributed by atoms with Crippen molar-refractivity contribution in [2.24, 2.45) is 0 Å². The molecule has 1 rings (SSSR count). The van der Waals surface area contributed by atoms with Crippen LogP contribution in [0.4, 0.5) is 0 Å². The number of ether oxygens (including phenoxy) is 1. The van der Waals surface area contributed by atoms with Crippen molar-refractivity contribution in [1.82, 2.24) is 15.3 Å². The van der Waals surface area contributed by atoms with Crippen molar-refractivity contribution < 1.29 is 4.74 Å². The van der Waals surface area contributed by atoms with E-state index in [4.69, 9.17) is 4.74 Å². The molecular formula is C14H25N3OS. The molecule has 1 heterocycles. The van der Waals surface area contributed by atoms with Gasteiger partial charge in [-0.05, 0) is 46.2 Å². The summed E-state index contributed by atoms with van der Waals surface area (Å²) in [5.74, 6) is 0.997. The standard InChI is InChI=1S/C14H25N3OS/c1-5-18-9-6-7-15-8-10-19-14-16-12(3)11(2)13(4)17-14/h15H,5-10H2,1-4H3. The Kier molecular flexibility index (Phi) is 8.02. The Bertz CT molecular complexity index is 362. The number of aryl methyl sites for hydroxylation is 2. The lowest BCUT2D eigenvalue weighted by Gasteiger charge is -2.07. The maximum absolute atomic E-state index is 5.28. The zero-order valence-corrected chi connectivity index (χ0v) is 13.3. The first-order valence-electron chi connectivity index (χ1n) is 6.88. The smallest absolute Gasteiger partial charge is 0.188 e. The second-order valence-corrected chi connectivity index (χ2v) is 5.51. The minimum Gasteiger partial charge on any atom is -0.382 e. The number of rotatable bonds is 9. The van der Waals surface area contributed by atoms with Crippen LogP contribution in [0.5, 0.6) is 0 Å². The van der Waals surface area contributed by atoms with E-state index < -0.39 is 0 Å². The van der Waals surface area contributed by atoms with E-state index in [1.807, 2.05) is 20.8 Å². The van der Waals surface area contributed by atoms with Gasteiger partial charge in [0.1, 0.15) is 0 Å². The van der Waals surface area contributed by atoms with Gasteiger partial charge in [-0.2, -0.15) is 0 Å². The van der Waals surface area contributed by atoms with Gasteiger partial charge in [0.15, 0.2) is 5.16 Å². The zero-order chi connectivity index (χ0) is 14.1. The summed E-state index contributed by atoms with van der Waals surface area (Å²) in [5.41, 5.74) is 3.36. The SMILES string of the molecule is CCOCCCNCCSc1nc(C)c(C)c(C)n1. The molecule has 0 aromatic carbocycles. The highest BCUT2D eigenvalue weighted by atomic mass is 32.2. The average molecular weight is 283 g/mol. The summed E-state index contributed by atoms with van der Waals surface area (Å²) in [5, 5.41) is 4.28. The third-order valence-electron chi connectivity index (χ3n) is 2.97. The molecule has 5 heteroatoms. The zero-order valence-electron chi connectivity index (χ0n) is 12.5. The van der Waals surface area contributed by atoms with Gasteiger partial charge in [-0.15, -0.1) is 0 Å². The third-order valence-corrected chi connectivity index (χ3v) is 3.82. The van der Waals surface area contributed by atoms with Gasteiger partial charge in [0, 0.05) is 36.9 Å². The third kappa shape index (κ3) is 6.36. The summed E-state index contributed by atoms with van der Waals surface area (Å²) in [7, 11) is 0. The molecule has 0 saturated carbocycles. The molecule has 0 fully saturated rings. The minimum absolute atomic E-state index is 0.805. The topological polar surface area (TPSA) is 47.0 Å². The molecular weight excluding hydrogens is 258 g/mol. The van der Waals surface area contributed by atoms with Crippen LogP contribution in [0.25, 0.3) is 0 Å². The van der Waals surface area contributed by atoms with E-state index in [0.29, 0.717) is 0 Å². The van der Waals surface area contributed by atoms with Crippen LogP contribution in [0.3, 0.4) is 0 Å². The second-order valence-electron chi connectivity index (χ2n) is 4.45. The van der Waals surface area contributed by atoms with Gasteiger partial charge in [-0.1, -0.05) is 11.8 Å². The number of nitrogens with one attached hydrogen (secondary N) is 1. The summed E-state index contributed by atoms with van der Waals surface area (Å²) in [4.78, 5) is 8.99. The Morgan fingerprint density at radius 1 is 1.11 bits per heavy atom. The molecule has 4 nitrogen and oxygen atoms in total. The van der Waals surface area contributed by atoms with E-state index in [1.54, 1.807) is 11.8 Å². The van der Waals surface area contributed by atoms with Crippen molar-refractivity contribution in [3.63, 3.8) is 0 Å². The second kappa shape index (κ2) is 9.28. The molecule has 19 heavy (non-hydrogen) atoms. The Hall–Kier alpha value is -0.650. The lowest BCUT2D eigenvalue weighted by atomic mass is 10.2. The number of nitrogens with zero attached hydrogens (tertiary/aromatic N) is 2. The van der Waals surface area contributed by atoms with Crippen molar-refractivity contribution in [2.45, 2.75) is 39.3 Å². The van der Waals surface area contributed by atoms with Gasteiger partial charge >= 0.3 is 0 Å². The van der Waals surface area contributed by atoms with Crippen LogP contribution < -0.4 is 5.32 Å². The summed E-state index contributed by atoms with van der Waals surface area (Å²) < 4.78 is 5.28. The van der Waals surface area contributed by atoms with Crippen molar-refractivity contribution in [3.05, 3.63) is 17.0 Å². The van der Waals surface area contributed by atoms with E-state index in [2.05, 4.69) is 22.2 Å². The van der Waals surface area contributed by atoms with E-state index in [1.165, 1.54) is 5.56 Å². The predicted octanol–water partition coefficient (Wildman–Crippen LogP) is 2.51. The van der Waals surface area contributed by atoms with Crippen LogP contribution >= 0.6 is 11.8 Å². The highest BCUT2D eigenvalue weighted by Crippen LogP contribution is 2.16. The maximum atomic E-state index is 5.28. The Morgan fingerprint density at radius 3 is 2.42 bits per heavy atom. The van der Waals surface area contributed by atoms with Gasteiger partial charge in [-0.3, -0.25) is 0 Å². The maximum Gasteiger partial charge on any atom is 0.188 e. The number of aromatic nitrogens is 2. The van der Waals surface area contributed by atoms with Crippen molar-refractivity contribution in [1.29, 1.82) is 0 Å². The Balaban J connectivity index is 2.16. The molecule has 0 aliphatic heterocycles. The van der Waals surface area contributed by atoms with Gasteiger partial charge in [0.25, 0.3) is 0 Å². The first-order valence-corrected chi connectivity index (χ1v) is 7.86. The van der Waals surface area contributed by atoms with Crippen LogP contribution in [0.1, 0.15) is 30.3 Å². The van der Waals surface area contributed by atoms with Crippen LogP contribution in [0.15, 0.2) is 5.16 Å². The first-order chi connectivity index (χ1) is 9.15. The Labute approximate surface area is 120 Å². The van der Waals surface area contributed by atoms with Gasteiger partial charge in [0.2, 0.25) is 0 Å². The molecule has 0 spiro atoms. The fourth-order valence-corrected chi connectivity index (χ4v) is 2.42. The van der Waals surface area contributed by atoms with E-state index in [9.17, 15) is 0 Å². The van der Waals surface area contributed by atoms with Gasteiger partial charge in [0.05, 0.1) is 0 Å². The molecule has 1 aromatic rings. The van der Waals surface area contributed by atoms with Crippen molar-refractivity contribution >= 4 is 11.8 Å². The van der Waals surface area contributed by atoms with Gasteiger partial charge in [-0.25, -0.2) is 9.97 Å². The number of thioether (sulfide) groups is 1. The van der Waals surface area contributed by atoms with Crippen LogP contribution in [0.2, 0.25) is 0 Å². The molecule has 0 radical (unpaired) electrons. The quantitative estimate of drug-likeness (QED) is 0.429. The molecule has 0 bridgehead atoms. The molecule has 108 valence electrons. The summed E-state index contributed by atoms with van der Waals surface area (Å²) in [6.45, 7) is 11.8.